The van der Waals surface area contributed by atoms with E-state index in [9.17, 15) is 19.8 Å². The maximum atomic E-state index is 12.1. The van der Waals surface area contributed by atoms with Gasteiger partial charge in [-0.2, -0.15) is 17.5 Å². The lowest BCUT2D eigenvalue weighted by Gasteiger charge is -2.14. The van der Waals surface area contributed by atoms with E-state index in [4.69, 9.17) is 0 Å². The summed E-state index contributed by atoms with van der Waals surface area (Å²) in [6.45, 7) is 3.61. The second kappa shape index (κ2) is 7.43. The summed E-state index contributed by atoms with van der Waals surface area (Å²) >= 11 is 2.06. The molecule has 0 aliphatic heterocycles. The lowest BCUT2D eigenvalue weighted by atomic mass is 9.90. The van der Waals surface area contributed by atoms with E-state index in [1.54, 1.807) is 37.3 Å². The van der Waals surface area contributed by atoms with E-state index in [1.807, 2.05) is 6.92 Å². The minimum absolute atomic E-state index is 0.126. The number of carboxylic acid groups (broad SMARTS) is 2. The zero-order valence-electron chi connectivity index (χ0n) is 16.8. The van der Waals surface area contributed by atoms with Crippen LogP contribution in [0.1, 0.15) is 31.8 Å². The fourth-order valence-corrected chi connectivity index (χ4v) is 5.09. The van der Waals surface area contributed by atoms with Gasteiger partial charge in [0.25, 0.3) is 0 Å². The third-order valence-corrected chi connectivity index (χ3v) is 6.67. The number of fused-ring (bicyclic) bond motifs is 2. The van der Waals surface area contributed by atoms with E-state index >= 15 is 0 Å². The summed E-state index contributed by atoms with van der Waals surface area (Å²) in [7, 11) is 0. The minimum atomic E-state index is -1.06. The fraction of sp³-hybridized carbons (Fsp3) is 0.0909. The maximum Gasteiger partial charge on any atom is 0.336 e. The van der Waals surface area contributed by atoms with E-state index in [2.05, 4.69) is 17.5 Å². The third-order valence-electron chi connectivity index (χ3n) is 5.60. The maximum absolute atomic E-state index is 12.1. The molecule has 0 bridgehead atoms. The molecule has 5 rings (SSSR count). The van der Waals surface area contributed by atoms with Gasteiger partial charge in [-0.1, -0.05) is 24.3 Å². The van der Waals surface area contributed by atoms with Crippen LogP contribution < -0.4 is 0 Å². The van der Waals surface area contributed by atoms with Crippen molar-refractivity contribution in [1.82, 2.24) is 17.5 Å². The van der Waals surface area contributed by atoms with Crippen molar-refractivity contribution >= 4 is 57.5 Å². The molecule has 0 saturated carbocycles. The van der Waals surface area contributed by atoms with E-state index in [0.717, 1.165) is 29.0 Å². The van der Waals surface area contributed by atoms with Gasteiger partial charge in [0, 0.05) is 11.1 Å². The van der Waals surface area contributed by atoms with Crippen LogP contribution >= 0.6 is 23.5 Å². The van der Waals surface area contributed by atoms with Crippen LogP contribution in [0.2, 0.25) is 0 Å². The van der Waals surface area contributed by atoms with Gasteiger partial charge in [0.15, 0.2) is 0 Å². The molecule has 158 valence electrons. The summed E-state index contributed by atoms with van der Waals surface area (Å²) in [6, 6.07) is 10.2. The van der Waals surface area contributed by atoms with Gasteiger partial charge in [-0.25, -0.2) is 9.59 Å². The quantitative estimate of drug-likeness (QED) is 0.380. The number of carboxylic acids is 2. The van der Waals surface area contributed by atoms with E-state index in [-0.39, 0.29) is 11.1 Å². The topological polar surface area (TPSA) is 126 Å². The van der Waals surface area contributed by atoms with Crippen LogP contribution in [-0.4, -0.2) is 39.6 Å². The summed E-state index contributed by atoms with van der Waals surface area (Å²) in [5, 5.41) is 19.6. The molecule has 0 saturated heterocycles. The van der Waals surface area contributed by atoms with Gasteiger partial charge in [-0.15, -0.1) is 0 Å². The van der Waals surface area contributed by atoms with Crippen LogP contribution in [0.3, 0.4) is 0 Å². The molecule has 0 radical (unpaired) electrons. The van der Waals surface area contributed by atoms with Gasteiger partial charge in [-0.3, -0.25) is 0 Å². The second-order valence-electron chi connectivity index (χ2n) is 7.27. The number of aromatic carboxylic acids is 2. The molecular formula is C22H14N4O4S2. The van der Waals surface area contributed by atoms with Crippen molar-refractivity contribution in [2.24, 2.45) is 0 Å². The molecule has 0 spiro atoms. The first-order chi connectivity index (χ1) is 15.4. The molecule has 0 atom stereocenters. The van der Waals surface area contributed by atoms with Crippen LogP contribution in [0.5, 0.6) is 0 Å². The van der Waals surface area contributed by atoms with E-state index < -0.39 is 11.9 Å². The van der Waals surface area contributed by atoms with Crippen molar-refractivity contribution in [2.75, 3.05) is 0 Å². The van der Waals surface area contributed by atoms with Gasteiger partial charge in [0.05, 0.1) is 34.6 Å². The highest BCUT2D eigenvalue weighted by Gasteiger charge is 2.24. The molecule has 0 unspecified atom stereocenters. The van der Waals surface area contributed by atoms with Crippen molar-refractivity contribution in [3.63, 3.8) is 0 Å². The molecule has 0 aliphatic rings. The monoisotopic (exact) mass is 462 g/mol. The molecule has 8 nitrogen and oxygen atoms in total. The molecule has 32 heavy (non-hydrogen) atoms. The SMILES string of the molecule is Cc1c(C(=O)O)c(-c2ccc(-c3c(C(=O)O)ccc4nsnc34)cc2)c2nsnc2c1C. The molecule has 0 fully saturated rings. The normalized spacial score (nSPS) is 11.3. The smallest absolute Gasteiger partial charge is 0.336 e. The summed E-state index contributed by atoms with van der Waals surface area (Å²) in [5.74, 6) is -2.09. The largest absolute Gasteiger partial charge is 0.478 e. The number of nitrogens with zero attached hydrogens (tertiary/aromatic N) is 4. The zero-order chi connectivity index (χ0) is 22.6. The highest BCUT2D eigenvalue weighted by molar-refractivity contribution is 7.00. The van der Waals surface area contributed by atoms with Crippen molar-refractivity contribution in [3.8, 4) is 22.3 Å². The predicted octanol–water partition coefficient (Wildman–Crippen LogP) is 5.04. The first kappa shape index (κ1) is 20.2. The Hall–Kier alpha value is -3.76. The number of benzene rings is 3. The number of hydrogen-bond acceptors (Lipinski definition) is 8. The van der Waals surface area contributed by atoms with Gasteiger partial charge in [0.2, 0.25) is 0 Å². The Balaban J connectivity index is 1.74. The Morgan fingerprint density at radius 1 is 0.688 bits per heavy atom. The standard InChI is InChI=1S/C22H14N4O4S2/c1-9-10(2)18-20(26-32-24-18)17(15(9)22(29)30)12-5-3-11(4-6-12)16-13(21(27)28)7-8-14-19(16)25-31-23-14/h3-8H,1-2H3,(H,27,28)(H,29,30). The highest BCUT2D eigenvalue weighted by atomic mass is 32.1. The van der Waals surface area contributed by atoms with Gasteiger partial charge in [-0.05, 0) is 48.2 Å². The Morgan fingerprint density at radius 2 is 1.28 bits per heavy atom. The predicted molar refractivity (Wildman–Crippen MR) is 123 cm³/mol. The molecule has 5 aromatic rings. The van der Waals surface area contributed by atoms with Gasteiger partial charge < -0.3 is 10.2 Å². The number of aromatic nitrogens is 4. The van der Waals surface area contributed by atoms with Crippen LogP contribution in [-0.2, 0) is 0 Å². The first-order valence-corrected chi connectivity index (χ1v) is 10.9. The first-order valence-electron chi connectivity index (χ1n) is 9.46. The van der Waals surface area contributed by atoms with Gasteiger partial charge >= 0.3 is 11.9 Å². The zero-order valence-corrected chi connectivity index (χ0v) is 18.4. The molecule has 2 heterocycles. The Bertz CT molecular complexity index is 1550. The summed E-state index contributed by atoms with van der Waals surface area (Å²) < 4.78 is 17.2. The Kier molecular flexibility index (Phi) is 4.68. The molecule has 2 aromatic heterocycles. The van der Waals surface area contributed by atoms with Crippen molar-refractivity contribution in [3.05, 3.63) is 58.7 Å². The lowest BCUT2D eigenvalue weighted by molar-refractivity contribution is 0.0686. The van der Waals surface area contributed by atoms with Crippen LogP contribution in [0.4, 0.5) is 0 Å². The second-order valence-corrected chi connectivity index (χ2v) is 8.33. The molecule has 3 aromatic carbocycles. The lowest BCUT2D eigenvalue weighted by Crippen LogP contribution is -2.06. The van der Waals surface area contributed by atoms with Gasteiger partial charge in [0.1, 0.15) is 22.1 Å². The summed E-state index contributed by atoms with van der Waals surface area (Å²) in [5.41, 5.74) is 6.41. The van der Waals surface area contributed by atoms with Crippen molar-refractivity contribution in [2.45, 2.75) is 13.8 Å². The molecule has 2 N–H and O–H groups in total. The average Bonchev–Trinajstić information content (AvgIpc) is 3.44. The van der Waals surface area contributed by atoms with Crippen molar-refractivity contribution in [1.29, 1.82) is 0 Å². The Labute approximate surface area is 189 Å². The Morgan fingerprint density at radius 3 is 1.94 bits per heavy atom. The third kappa shape index (κ3) is 2.95. The number of rotatable bonds is 4. The van der Waals surface area contributed by atoms with Crippen LogP contribution in [0.15, 0.2) is 36.4 Å². The molecule has 0 amide bonds. The van der Waals surface area contributed by atoms with E-state index in [1.165, 1.54) is 6.07 Å². The molecular weight excluding hydrogens is 448 g/mol. The van der Waals surface area contributed by atoms with Crippen LogP contribution in [0, 0.1) is 13.8 Å². The highest BCUT2D eigenvalue weighted by Crippen LogP contribution is 2.38. The number of hydrogen-bond donors (Lipinski definition) is 2. The minimum Gasteiger partial charge on any atom is -0.478 e. The molecule has 10 heteroatoms. The number of carbonyl (C=O) groups is 2. The fourth-order valence-electron chi connectivity index (χ4n) is 3.94. The van der Waals surface area contributed by atoms with E-state index in [0.29, 0.717) is 49.9 Å². The van der Waals surface area contributed by atoms with Crippen molar-refractivity contribution < 1.29 is 19.8 Å². The van der Waals surface area contributed by atoms with Crippen LogP contribution in [0.25, 0.3) is 44.3 Å². The average molecular weight is 463 g/mol. The summed E-state index contributed by atoms with van der Waals surface area (Å²) in [6.07, 6.45) is 0. The summed E-state index contributed by atoms with van der Waals surface area (Å²) in [4.78, 5) is 24.0. The number of aryl methyl sites for hydroxylation is 1. The molecule has 0 aliphatic carbocycles.